The molecule has 1 aromatic carbocycles. The van der Waals surface area contributed by atoms with Crippen molar-refractivity contribution in [1.29, 1.82) is 0 Å². The van der Waals surface area contributed by atoms with Gasteiger partial charge in [-0.15, -0.1) is 0 Å². The van der Waals surface area contributed by atoms with Gasteiger partial charge in [0.05, 0.1) is 9.67 Å². The highest BCUT2D eigenvalue weighted by Gasteiger charge is 2.15. The molecule has 0 radical (unpaired) electrons. The van der Waals surface area contributed by atoms with Crippen LogP contribution in [0.4, 0.5) is 0 Å². The van der Waals surface area contributed by atoms with Gasteiger partial charge in [0.2, 0.25) is 0 Å². The maximum Gasteiger partial charge on any atom is 0.128 e. The number of phenols is 1. The molecule has 2 unspecified atom stereocenters. The number of benzene rings is 1. The smallest absolute Gasteiger partial charge is 0.128 e. The molecule has 14 heavy (non-hydrogen) atoms. The Hall–Kier alpha value is -0.330. The van der Waals surface area contributed by atoms with Crippen molar-refractivity contribution in [3.63, 3.8) is 0 Å². The van der Waals surface area contributed by atoms with Crippen LogP contribution in [0.3, 0.4) is 0 Å². The van der Waals surface area contributed by atoms with E-state index in [1.807, 2.05) is 29.5 Å². The molecule has 0 bridgehead atoms. The van der Waals surface area contributed by atoms with Crippen molar-refractivity contribution in [2.24, 2.45) is 0 Å². The Bertz CT molecular complexity index is 317. The average molecular weight is 307 g/mol. The third-order valence-corrected chi connectivity index (χ3v) is 3.11. The van der Waals surface area contributed by atoms with Crippen LogP contribution in [0.25, 0.3) is 0 Å². The van der Waals surface area contributed by atoms with Gasteiger partial charge < -0.3 is 15.5 Å². The standard InChI is InChI=1S/C10H14INO2/c1-6(12-2)10(14)7-3-4-9(13)8(11)5-7/h3-6,10,12-14H,1-2H3. The number of aromatic hydroxyl groups is 1. The summed E-state index contributed by atoms with van der Waals surface area (Å²) in [6, 6.07) is 5.11. The maximum absolute atomic E-state index is 9.86. The Morgan fingerprint density at radius 3 is 2.57 bits per heavy atom. The highest BCUT2D eigenvalue weighted by atomic mass is 127. The molecule has 1 rings (SSSR count). The molecule has 0 aliphatic rings. The summed E-state index contributed by atoms with van der Waals surface area (Å²) in [6.45, 7) is 1.91. The zero-order chi connectivity index (χ0) is 10.7. The molecule has 3 nitrogen and oxygen atoms in total. The Morgan fingerprint density at radius 2 is 2.07 bits per heavy atom. The van der Waals surface area contributed by atoms with Crippen molar-refractivity contribution in [2.45, 2.75) is 19.1 Å². The second kappa shape index (κ2) is 4.95. The molecule has 0 spiro atoms. The van der Waals surface area contributed by atoms with Gasteiger partial charge in [-0.25, -0.2) is 0 Å². The molecule has 2 atom stereocenters. The van der Waals surface area contributed by atoms with Gasteiger partial charge in [-0.3, -0.25) is 0 Å². The van der Waals surface area contributed by atoms with E-state index in [0.717, 1.165) is 9.13 Å². The van der Waals surface area contributed by atoms with Crippen LogP contribution in [0, 0.1) is 3.57 Å². The lowest BCUT2D eigenvalue weighted by Gasteiger charge is -2.18. The van der Waals surface area contributed by atoms with Crippen LogP contribution in [-0.4, -0.2) is 23.3 Å². The van der Waals surface area contributed by atoms with Gasteiger partial charge in [0, 0.05) is 6.04 Å². The first-order valence-corrected chi connectivity index (χ1v) is 5.48. The Balaban J connectivity index is 2.91. The molecule has 4 heteroatoms. The summed E-state index contributed by atoms with van der Waals surface area (Å²) in [6.07, 6.45) is -0.547. The van der Waals surface area contributed by atoms with Crippen LogP contribution in [-0.2, 0) is 0 Å². The van der Waals surface area contributed by atoms with Crippen molar-refractivity contribution < 1.29 is 10.2 Å². The van der Waals surface area contributed by atoms with Gasteiger partial charge in [-0.2, -0.15) is 0 Å². The van der Waals surface area contributed by atoms with Crippen molar-refractivity contribution in [3.8, 4) is 5.75 Å². The second-order valence-electron chi connectivity index (χ2n) is 3.23. The number of hydrogen-bond acceptors (Lipinski definition) is 3. The van der Waals surface area contributed by atoms with Crippen LogP contribution < -0.4 is 5.32 Å². The zero-order valence-electron chi connectivity index (χ0n) is 8.16. The highest BCUT2D eigenvalue weighted by molar-refractivity contribution is 14.1. The number of nitrogens with one attached hydrogen (secondary N) is 1. The minimum Gasteiger partial charge on any atom is -0.507 e. The molecule has 0 heterocycles. The average Bonchev–Trinajstić information content (AvgIpc) is 2.20. The minimum absolute atomic E-state index is 0.00431. The van der Waals surface area contributed by atoms with E-state index in [9.17, 15) is 10.2 Å². The lowest BCUT2D eigenvalue weighted by Crippen LogP contribution is -2.28. The molecule has 0 amide bonds. The van der Waals surface area contributed by atoms with Crippen LogP contribution in [0.1, 0.15) is 18.6 Å². The maximum atomic E-state index is 9.86. The van der Waals surface area contributed by atoms with E-state index in [-0.39, 0.29) is 11.8 Å². The first-order valence-electron chi connectivity index (χ1n) is 4.40. The summed E-state index contributed by atoms with van der Waals surface area (Å²) >= 11 is 2.04. The van der Waals surface area contributed by atoms with Crippen LogP contribution >= 0.6 is 22.6 Å². The quantitative estimate of drug-likeness (QED) is 0.744. The number of phenolic OH excluding ortho intramolecular Hbond substituents is 1. The number of hydrogen-bond donors (Lipinski definition) is 3. The van der Waals surface area contributed by atoms with Gasteiger partial charge in [-0.1, -0.05) is 6.07 Å². The van der Waals surface area contributed by atoms with Crippen LogP contribution in [0.5, 0.6) is 5.75 Å². The van der Waals surface area contributed by atoms with Crippen LogP contribution in [0.15, 0.2) is 18.2 Å². The lowest BCUT2D eigenvalue weighted by molar-refractivity contribution is 0.140. The Morgan fingerprint density at radius 1 is 1.43 bits per heavy atom. The van der Waals surface area contributed by atoms with Crippen molar-refractivity contribution in [3.05, 3.63) is 27.3 Å². The van der Waals surface area contributed by atoms with Crippen LogP contribution in [0.2, 0.25) is 0 Å². The second-order valence-corrected chi connectivity index (χ2v) is 4.40. The zero-order valence-corrected chi connectivity index (χ0v) is 10.3. The molecule has 0 fully saturated rings. The van der Waals surface area contributed by atoms with Gasteiger partial charge in [0.25, 0.3) is 0 Å². The van der Waals surface area contributed by atoms with E-state index in [1.165, 1.54) is 0 Å². The van der Waals surface area contributed by atoms with E-state index < -0.39 is 6.10 Å². The van der Waals surface area contributed by atoms with Gasteiger partial charge >= 0.3 is 0 Å². The third kappa shape index (κ3) is 2.59. The summed E-state index contributed by atoms with van der Waals surface area (Å²) in [4.78, 5) is 0. The molecule has 0 aliphatic heterocycles. The molecule has 0 aromatic heterocycles. The summed E-state index contributed by atoms with van der Waals surface area (Å²) in [5, 5.41) is 22.2. The number of halogens is 1. The fraction of sp³-hybridized carbons (Fsp3) is 0.400. The fourth-order valence-corrected chi connectivity index (χ4v) is 1.69. The molecule has 78 valence electrons. The van der Waals surface area contributed by atoms with Crippen molar-refractivity contribution >= 4 is 22.6 Å². The largest absolute Gasteiger partial charge is 0.507 e. The molecular formula is C10H14INO2. The first kappa shape index (κ1) is 11.7. The summed E-state index contributed by atoms with van der Waals surface area (Å²) in [7, 11) is 1.80. The number of aliphatic hydroxyl groups is 1. The predicted molar refractivity (Wildman–Crippen MR) is 64.3 cm³/mol. The van der Waals surface area contributed by atoms with Crippen molar-refractivity contribution in [2.75, 3.05) is 7.05 Å². The molecule has 0 saturated carbocycles. The number of likely N-dealkylation sites (N-methyl/N-ethyl adjacent to an activating group) is 1. The summed E-state index contributed by atoms with van der Waals surface area (Å²) < 4.78 is 0.752. The molecule has 1 aromatic rings. The van der Waals surface area contributed by atoms with E-state index in [0.29, 0.717) is 0 Å². The molecule has 0 aliphatic carbocycles. The predicted octanol–water partition coefficient (Wildman–Crippen LogP) is 1.64. The number of rotatable bonds is 3. The van der Waals surface area contributed by atoms with Crippen molar-refractivity contribution in [1.82, 2.24) is 5.32 Å². The summed E-state index contributed by atoms with van der Waals surface area (Å²) in [5.41, 5.74) is 0.814. The van der Waals surface area contributed by atoms with Gasteiger partial charge in [0.1, 0.15) is 5.75 Å². The van der Waals surface area contributed by atoms with E-state index >= 15 is 0 Å². The molecule has 0 saturated heterocycles. The van der Waals surface area contributed by atoms with E-state index in [2.05, 4.69) is 5.32 Å². The highest BCUT2D eigenvalue weighted by Crippen LogP contribution is 2.25. The fourth-order valence-electron chi connectivity index (χ4n) is 1.15. The third-order valence-electron chi connectivity index (χ3n) is 2.24. The first-order chi connectivity index (χ1) is 6.56. The molecule has 3 N–H and O–H groups in total. The van der Waals surface area contributed by atoms with E-state index in [1.54, 1.807) is 25.2 Å². The monoisotopic (exact) mass is 307 g/mol. The topological polar surface area (TPSA) is 52.5 Å². The lowest BCUT2D eigenvalue weighted by atomic mass is 10.0. The number of aliphatic hydroxyl groups excluding tert-OH is 1. The SMILES string of the molecule is CNC(C)C(O)c1ccc(O)c(I)c1. The Kier molecular flexibility index (Phi) is 4.15. The van der Waals surface area contributed by atoms with E-state index in [4.69, 9.17) is 0 Å². The van der Waals surface area contributed by atoms with Gasteiger partial charge in [0.15, 0.2) is 0 Å². The Labute approximate surface area is 97.3 Å². The normalized spacial score (nSPS) is 15.1. The minimum atomic E-state index is -0.547. The molecular weight excluding hydrogens is 293 g/mol. The van der Waals surface area contributed by atoms with Gasteiger partial charge in [-0.05, 0) is 54.3 Å². The summed E-state index contributed by atoms with van der Waals surface area (Å²) in [5.74, 6) is 0.249.